The standard InChI is InChI=1S/C17H8Cl2F6O2/c18-9-1-5-11(6-2-9)26-13-14(27-12-7-3-10(19)4-8-12)16(22,23)17(24,25)15(13,20)21/h1-8H. The molecule has 27 heavy (non-hydrogen) atoms. The monoisotopic (exact) mass is 428 g/mol. The zero-order valence-corrected chi connectivity index (χ0v) is 14.5. The van der Waals surface area contributed by atoms with Crippen LogP contribution in [-0.2, 0) is 0 Å². The lowest BCUT2D eigenvalue weighted by atomic mass is 10.1. The van der Waals surface area contributed by atoms with Crippen LogP contribution in [0.2, 0.25) is 10.0 Å². The van der Waals surface area contributed by atoms with Gasteiger partial charge in [0.15, 0.2) is 0 Å². The topological polar surface area (TPSA) is 18.5 Å². The zero-order chi connectivity index (χ0) is 20.0. The van der Waals surface area contributed by atoms with Gasteiger partial charge < -0.3 is 9.47 Å². The van der Waals surface area contributed by atoms with Gasteiger partial charge in [0, 0.05) is 10.0 Å². The fourth-order valence-corrected chi connectivity index (χ4v) is 2.48. The molecule has 2 nitrogen and oxygen atoms in total. The smallest absolute Gasteiger partial charge is 0.387 e. The molecular weight excluding hydrogens is 421 g/mol. The van der Waals surface area contributed by atoms with Gasteiger partial charge in [-0.15, -0.1) is 0 Å². The minimum atomic E-state index is -5.76. The summed E-state index contributed by atoms with van der Waals surface area (Å²) in [6, 6.07) is 9.06. The quantitative estimate of drug-likeness (QED) is 0.511. The van der Waals surface area contributed by atoms with E-state index in [-0.39, 0.29) is 10.0 Å². The molecule has 2 aromatic rings. The molecule has 0 atom stereocenters. The van der Waals surface area contributed by atoms with Crippen molar-refractivity contribution in [1.82, 2.24) is 0 Å². The lowest BCUT2D eigenvalue weighted by Gasteiger charge is -2.24. The molecule has 144 valence electrons. The van der Waals surface area contributed by atoms with Crippen molar-refractivity contribution in [3.05, 3.63) is 70.1 Å². The van der Waals surface area contributed by atoms with Gasteiger partial charge in [0.1, 0.15) is 11.5 Å². The Morgan fingerprint density at radius 2 is 0.852 bits per heavy atom. The fraction of sp³-hybridized carbons (Fsp3) is 0.176. The maximum Gasteiger partial charge on any atom is 0.387 e. The molecule has 0 radical (unpaired) electrons. The van der Waals surface area contributed by atoms with Gasteiger partial charge in [-0.3, -0.25) is 0 Å². The van der Waals surface area contributed by atoms with E-state index in [4.69, 9.17) is 23.2 Å². The molecule has 0 amide bonds. The molecule has 0 fully saturated rings. The van der Waals surface area contributed by atoms with Crippen molar-refractivity contribution in [1.29, 1.82) is 0 Å². The second-order valence-corrected chi connectivity index (χ2v) is 6.37. The molecule has 1 aliphatic carbocycles. The van der Waals surface area contributed by atoms with Crippen molar-refractivity contribution in [2.45, 2.75) is 17.8 Å². The summed E-state index contributed by atoms with van der Waals surface area (Å²) in [5.74, 6) is -21.2. The van der Waals surface area contributed by atoms with E-state index >= 15 is 0 Å². The maximum atomic E-state index is 14.1. The van der Waals surface area contributed by atoms with Crippen LogP contribution in [0.5, 0.6) is 11.5 Å². The van der Waals surface area contributed by atoms with Crippen molar-refractivity contribution >= 4 is 23.2 Å². The van der Waals surface area contributed by atoms with Gasteiger partial charge in [-0.25, -0.2) is 0 Å². The largest absolute Gasteiger partial charge is 0.451 e. The van der Waals surface area contributed by atoms with E-state index in [9.17, 15) is 26.3 Å². The van der Waals surface area contributed by atoms with Gasteiger partial charge in [0.25, 0.3) is 0 Å². The Kier molecular flexibility index (Phi) is 4.76. The number of halogens is 8. The van der Waals surface area contributed by atoms with E-state index in [2.05, 4.69) is 9.47 Å². The highest BCUT2D eigenvalue weighted by Gasteiger charge is 2.83. The average molecular weight is 429 g/mol. The predicted octanol–water partition coefficient (Wildman–Crippen LogP) is 6.58. The molecule has 3 rings (SSSR count). The molecule has 0 saturated heterocycles. The fourth-order valence-electron chi connectivity index (χ4n) is 2.23. The Morgan fingerprint density at radius 3 is 1.15 bits per heavy atom. The Labute approximate surface area is 158 Å². The van der Waals surface area contributed by atoms with E-state index in [1.807, 2.05) is 0 Å². The predicted molar refractivity (Wildman–Crippen MR) is 86.0 cm³/mol. The Morgan fingerprint density at radius 1 is 0.556 bits per heavy atom. The summed E-state index contributed by atoms with van der Waals surface area (Å²) in [4.78, 5) is 0. The van der Waals surface area contributed by atoms with Crippen molar-refractivity contribution < 1.29 is 35.8 Å². The number of allylic oxidation sites excluding steroid dienone is 2. The molecular formula is C17H8Cl2F6O2. The van der Waals surface area contributed by atoms with Crippen molar-refractivity contribution in [2.24, 2.45) is 0 Å². The molecule has 0 N–H and O–H groups in total. The third-order valence-electron chi connectivity index (χ3n) is 3.63. The third-order valence-corrected chi connectivity index (χ3v) is 4.14. The highest BCUT2D eigenvalue weighted by Crippen LogP contribution is 2.59. The maximum absolute atomic E-state index is 14.1. The van der Waals surface area contributed by atoms with E-state index in [1.54, 1.807) is 0 Å². The minimum Gasteiger partial charge on any atom is -0.451 e. The summed E-state index contributed by atoms with van der Waals surface area (Å²) in [6.45, 7) is 0. The van der Waals surface area contributed by atoms with Gasteiger partial charge in [-0.2, -0.15) is 26.3 Å². The van der Waals surface area contributed by atoms with Gasteiger partial charge in [-0.05, 0) is 48.5 Å². The second-order valence-electron chi connectivity index (χ2n) is 5.49. The molecule has 0 spiro atoms. The van der Waals surface area contributed by atoms with Crippen LogP contribution in [0.15, 0.2) is 60.0 Å². The summed E-state index contributed by atoms with van der Waals surface area (Å²) in [6.07, 6.45) is 0. The first kappa shape index (κ1) is 19.7. The Hall–Kier alpha value is -2.06. The lowest BCUT2D eigenvalue weighted by Crippen LogP contribution is -2.50. The van der Waals surface area contributed by atoms with Gasteiger partial charge in [0.2, 0.25) is 11.5 Å². The number of rotatable bonds is 4. The summed E-state index contributed by atoms with van der Waals surface area (Å²) in [5, 5.41) is 0.394. The van der Waals surface area contributed by atoms with Crippen LogP contribution < -0.4 is 9.47 Å². The first-order valence-electron chi connectivity index (χ1n) is 7.22. The normalized spacial score (nSPS) is 19.9. The van der Waals surface area contributed by atoms with Gasteiger partial charge in [-0.1, -0.05) is 23.2 Å². The van der Waals surface area contributed by atoms with Crippen LogP contribution in [0.4, 0.5) is 26.3 Å². The van der Waals surface area contributed by atoms with E-state index in [0.717, 1.165) is 24.3 Å². The first-order valence-corrected chi connectivity index (χ1v) is 7.98. The van der Waals surface area contributed by atoms with Crippen LogP contribution in [-0.4, -0.2) is 17.8 Å². The third kappa shape index (κ3) is 3.21. The summed E-state index contributed by atoms with van der Waals surface area (Å²) in [5.41, 5.74) is 0. The molecule has 2 aromatic carbocycles. The summed E-state index contributed by atoms with van der Waals surface area (Å²) >= 11 is 11.3. The summed E-state index contributed by atoms with van der Waals surface area (Å²) < 4.78 is 93.4. The molecule has 0 unspecified atom stereocenters. The first-order chi connectivity index (χ1) is 12.5. The van der Waals surface area contributed by atoms with Crippen LogP contribution in [0.3, 0.4) is 0 Å². The van der Waals surface area contributed by atoms with Crippen LogP contribution in [0.1, 0.15) is 0 Å². The molecule has 1 aliphatic rings. The highest BCUT2D eigenvalue weighted by molar-refractivity contribution is 6.30. The molecule has 0 bridgehead atoms. The van der Waals surface area contributed by atoms with Crippen molar-refractivity contribution in [3.8, 4) is 11.5 Å². The second kappa shape index (κ2) is 6.53. The molecule has 0 aliphatic heterocycles. The number of hydrogen-bond acceptors (Lipinski definition) is 2. The molecule has 0 heterocycles. The summed E-state index contributed by atoms with van der Waals surface area (Å²) in [7, 11) is 0. The van der Waals surface area contributed by atoms with Crippen LogP contribution >= 0.6 is 23.2 Å². The van der Waals surface area contributed by atoms with Gasteiger partial charge >= 0.3 is 17.8 Å². The van der Waals surface area contributed by atoms with Crippen molar-refractivity contribution in [3.63, 3.8) is 0 Å². The molecule has 0 saturated carbocycles. The number of ether oxygens (including phenoxy) is 2. The Balaban J connectivity index is 2.09. The number of hydrogen-bond donors (Lipinski definition) is 0. The number of benzene rings is 2. The zero-order valence-electron chi connectivity index (χ0n) is 13.0. The van der Waals surface area contributed by atoms with Crippen LogP contribution in [0.25, 0.3) is 0 Å². The minimum absolute atomic E-state index is 0.197. The van der Waals surface area contributed by atoms with Gasteiger partial charge in [0.05, 0.1) is 0 Å². The SMILES string of the molecule is FC1(F)C(Oc2ccc(Cl)cc2)=C(Oc2ccc(Cl)cc2)C(F)(F)C1(F)F. The average Bonchev–Trinajstić information content (AvgIpc) is 2.69. The molecule has 10 heteroatoms. The van der Waals surface area contributed by atoms with Crippen molar-refractivity contribution in [2.75, 3.05) is 0 Å². The molecule has 0 aromatic heterocycles. The number of alkyl halides is 6. The van der Waals surface area contributed by atoms with Crippen LogP contribution in [0, 0.1) is 0 Å². The van der Waals surface area contributed by atoms with E-state index in [0.29, 0.717) is 0 Å². The Bertz CT molecular complexity index is 808. The van der Waals surface area contributed by atoms with E-state index in [1.165, 1.54) is 24.3 Å². The highest BCUT2D eigenvalue weighted by atomic mass is 35.5. The lowest BCUT2D eigenvalue weighted by molar-refractivity contribution is -0.273. The van der Waals surface area contributed by atoms with E-state index < -0.39 is 40.8 Å².